The second-order valence-electron chi connectivity index (χ2n) is 7.81. The van der Waals surface area contributed by atoms with Crippen LogP contribution in [-0.4, -0.2) is 49.3 Å². The van der Waals surface area contributed by atoms with Gasteiger partial charge in [0, 0.05) is 54.3 Å². The summed E-state index contributed by atoms with van der Waals surface area (Å²) in [4.78, 5) is 24.7. The van der Waals surface area contributed by atoms with E-state index in [2.05, 4.69) is 22.5 Å². The quantitative estimate of drug-likeness (QED) is 0.359. The van der Waals surface area contributed by atoms with Gasteiger partial charge in [0.05, 0.1) is 11.6 Å². The average Bonchev–Trinajstić information content (AvgIpc) is 2.83. The summed E-state index contributed by atoms with van der Waals surface area (Å²) in [6.45, 7) is 4.05. The molecule has 2 aromatic rings. The Morgan fingerprint density at radius 3 is 2.74 bits per heavy atom. The van der Waals surface area contributed by atoms with Crippen molar-refractivity contribution >= 4 is 35.0 Å². The molecule has 3 rings (SSSR count). The predicted octanol–water partition coefficient (Wildman–Crippen LogP) is 3.12. The molecular weight excluding hydrogens is 500 g/mol. The maximum absolute atomic E-state index is 13.4. The van der Waals surface area contributed by atoms with Gasteiger partial charge in [-0.3, -0.25) is 9.59 Å². The van der Waals surface area contributed by atoms with Crippen LogP contribution < -0.4 is 25.4 Å². The molecule has 0 spiro atoms. The fraction of sp³-hybridized carbons (Fsp3) is 0.333. The number of nitrogens with one attached hydrogen (secondary N) is 3. The minimum atomic E-state index is -0.778. The van der Waals surface area contributed by atoms with Gasteiger partial charge in [-0.1, -0.05) is 29.8 Å². The number of hydrogen-bond donors (Lipinski definition) is 4. The van der Waals surface area contributed by atoms with Gasteiger partial charge in [-0.2, -0.15) is 0 Å². The van der Waals surface area contributed by atoms with Crippen LogP contribution in [-0.2, 0) is 9.59 Å². The zero-order valence-electron chi connectivity index (χ0n) is 18.8. The number of aliphatic hydroxyl groups excluding tert-OH is 1. The Kier molecular flexibility index (Phi) is 9.73. The number of ether oxygens (including phenoxy) is 2. The molecule has 0 bridgehead atoms. The summed E-state index contributed by atoms with van der Waals surface area (Å²) in [5.74, 6) is -0.702. The van der Waals surface area contributed by atoms with Gasteiger partial charge in [0.15, 0.2) is 12.7 Å². The molecule has 0 saturated carbocycles. The summed E-state index contributed by atoms with van der Waals surface area (Å²) in [6.07, 6.45) is -0.149. The van der Waals surface area contributed by atoms with Crippen molar-refractivity contribution in [2.75, 3.05) is 26.3 Å². The number of hydrogen-bond acceptors (Lipinski definition) is 6. The first kappa shape index (κ1) is 26.7. The molecule has 0 aromatic heterocycles. The van der Waals surface area contributed by atoms with Gasteiger partial charge >= 0.3 is 0 Å². The molecule has 0 fully saturated rings. The van der Waals surface area contributed by atoms with E-state index in [0.717, 1.165) is 11.6 Å². The zero-order chi connectivity index (χ0) is 25.4. The smallest absolute Gasteiger partial charge is 0.265 e. The minimum absolute atomic E-state index is 0.0356. The van der Waals surface area contributed by atoms with Crippen molar-refractivity contribution in [2.45, 2.75) is 25.0 Å². The molecule has 4 N–H and O–H groups in total. The van der Waals surface area contributed by atoms with Crippen LogP contribution in [0.4, 0.5) is 4.39 Å². The van der Waals surface area contributed by atoms with Gasteiger partial charge in [0.2, 0.25) is 0 Å². The van der Waals surface area contributed by atoms with E-state index >= 15 is 0 Å². The maximum Gasteiger partial charge on any atom is 0.265 e. The van der Waals surface area contributed by atoms with Gasteiger partial charge < -0.3 is 30.5 Å². The van der Waals surface area contributed by atoms with Crippen LogP contribution in [0.15, 0.2) is 48.7 Å². The summed E-state index contributed by atoms with van der Waals surface area (Å²) < 4.78 is 24.5. The van der Waals surface area contributed by atoms with E-state index < -0.39 is 17.8 Å². The number of rotatable bonds is 11. The molecule has 2 aromatic carbocycles. The molecule has 188 valence electrons. The van der Waals surface area contributed by atoms with Gasteiger partial charge in [-0.15, -0.1) is 0 Å². The lowest BCUT2D eigenvalue weighted by Crippen LogP contribution is -2.44. The lowest BCUT2D eigenvalue weighted by molar-refractivity contribution is -0.128. The molecule has 2 atom stereocenters. The van der Waals surface area contributed by atoms with E-state index in [1.165, 1.54) is 12.1 Å². The first-order chi connectivity index (χ1) is 16.8. The molecule has 11 heteroatoms. The van der Waals surface area contributed by atoms with Crippen LogP contribution in [0.1, 0.15) is 24.4 Å². The second kappa shape index (κ2) is 12.7. The molecule has 35 heavy (non-hydrogen) atoms. The Bertz CT molecular complexity index is 1090. The molecule has 0 radical (unpaired) electrons. The first-order valence-corrected chi connectivity index (χ1v) is 11.7. The van der Waals surface area contributed by atoms with Gasteiger partial charge in [-0.05, 0) is 30.3 Å². The molecule has 0 unspecified atom stereocenters. The van der Waals surface area contributed by atoms with Crippen molar-refractivity contribution in [1.82, 2.24) is 16.0 Å². The number of amides is 2. The van der Waals surface area contributed by atoms with Crippen molar-refractivity contribution in [3.63, 3.8) is 0 Å². The highest BCUT2D eigenvalue weighted by Crippen LogP contribution is 2.36. The molecule has 8 nitrogen and oxygen atoms in total. The Morgan fingerprint density at radius 2 is 2.00 bits per heavy atom. The zero-order valence-corrected chi connectivity index (χ0v) is 20.3. The van der Waals surface area contributed by atoms with E-state index in [1.807, 2.05) is 0 Å². The second-order valence-corrected chi connectivity index (χ2v) is 8.66. The summed E-state index contributed by atoms with van der Waals surface area (Å²) in [5, 5.41) is 18.2. The largest absolute Gasteiger partial charge is 0.484 e. The van der Waals surface area contributed by atoms with Crippen LogP contribution in [0, 0.1) is 5.82 Å². The molecule has 1 aliphatic heterocycles. The normalized spacial score (nSPS) is 16.6. The lowest BCUT2D eigenvalue weighted by atomic mass is 9.96. The van der Waals surface area contributed by atoms with Crippen molar-refractivity contribution in [3.05, 3.63) is 70.1 Å². The number of aliphatic hydroxyl groups is 1. The highest BCUT2D eigenvalue weighted by atomic mass is 35.5. The molecule has 2 amide bonds. The third kappa shape index (κ3) is 7.83. The fourth-order valence-corrected chi connectivity index (χ4v) is 3.77. The van der Waals surface area contributed by atoms with Crippen LogP contribution in [0.2, 0.25) is 10.0 Å². The molecule has 0 saturated heterocycles. The predicted molar refractivity (Wildman–Crippen MR) is 130 cm³/mol. The average molecular weight is 526 g/mol. The van der Waals surface area contributed by atoms with Crippen LogP contribution in [0.25, 0.3) is 0 Å². The minimum Gasteiger partial charge on any atom is -0.484 e. The fourth-order valence-electron chi connectivity index (χ4n) is 3.47. The number of carbonyl (C=O) groups excluding carboxylic acids is 2. The standard InChI is InChI=1S/C24H26Cl2FN3O5/c1-14(6-7-29-23(32)13-34-16-3-4-18(26)19(27)11-16)30-24(33)22-12-20(28-8-9-31)17-10-15(25)2-5-21(17)35-22/h2-5,10-11,20,22,28,31H,1,6-9,12-13H2,(H,29,32)(H,30,33)/t20-,22+/m0/s1. The van der Waals surface area contributed by atoms with E-state index in [4.69, 9.17) is 37.8 Å². The number of benzene rings is 2. The maximum atomic E-state index is 13.4. The Labute approximate surface area is 212 Å². The number of fused-ring (bicyclic) bond motifs is 1. The van der Waals surface area contributed by atoms with Crippen molar-refractivity contribution in [1.29, 1.82) is 0 Å². The van der Waals surface area contributed by atoms with Crippen LogP contribution >= 0.6 is 23.2 Å². The lowest BCUT2D eigenvalue weighted by Gasteiger charge is -2.32. The van der Waals surface area contributed by atoms with Crippen molar-refractivity contribution in [2.24, 2.45) is 0 Å². The third-order valence-electron chi connectivity index (χ3n) is 5.17. The van der Waals surface area contributed by atoms with E-state index in [9.17, 15) is 14.0 Å². The van der Waals surface area contributed by atoms with Crippen molar-refractivity contribution < 1.29 is 28.6 Å². The topological polar surface area (TPSA) is 109 Å². The highest BCUT2D eigenvalue weighted by Gasteiger charge is 2.32. The van der Waals surface area contributed by atoms with E-state index in [0.29, 0.717) is 29.4 Å². The van der Waals surface area contributed by atoms with Gasteiger partial charge in [0.25, 0.3) is 11.8 Å². The van der Waals surface area contributed by atoms with E-state index in [-0.39, 0.29) is 48.9 Å². The Hall–Kier alpha value is -2.85. The Morgan fingerprint density at radius 1 is 1.20 bits per heavy atom. The van der Waals surface area contributed by atoms with E-state index in [1.54, 1.807) is 18.2 Å². The van der Waals surface area contributed by atoms with Crippen molar-refractivity contribution in [3.8, 4) is 11.5 Å². The SMILES string of the molecule is C=C(CCNC(=O)COc1ccc(Cl)c(F)c1)NC(=O)[C@H]1C[C@H](NCCO)c2cc(Cl)ccc2O1. The molecule has 1 heterocycles. The number of halogens is 3. The molecular formula is C24H26Cl2FN3O5. The van der Waals surface area contributed by atoms with Crippen LogP contribution in [0.5, 0.6) is 11.5 Å². The first-order valence-electron chi connectivity index (χ1n) is 10.9. The van der Waals surface area contributed by atoms with Gasteiger partial charge in [0.1, 0.15) is 17.3 Å². The summed E-state index contributed by atoms with van der Waals surface area (Å²) in [5.41, 5.74) is 1.22. The summed E-state index contributed by atoms with van der Waals surface area (Å²) in [6, 6.07) is 8.83. The Balaban J connectivity index is 1.44. The summed E-state index contributed by atoms with van der Waals surface area (Å²) in [7, 11) is 0. The third-order valence-corrected chi connectivity index (χ3v) is 5.71. The molecule has 0 aliphatic carbocycles. The monoisotopic (exact) mass is 525 g/mol. The number of carbonyl (C=O) groups is 2. The summed E-state index contributed by atoms with van der Waals surface area (Å²) >= 11 is 11.7. The molecule has 1 aliphatic rings. The van der Waals surface area contributed by atoms with Crippen LogP contribution in [0.3, 0.4) is 0 Å². The highest BCUT2D eigenvalue weighted by molar-refractivity contribution is 6.31. The van der Waals surface area contributed by atoms with Gasteiger partial charge in [-0.25, -0.2) is 4.39 Å².